The normalized spacial score (nSPS) is 17.7. The van der Waals surface area contributed by atoms with E-state index in [1.807, 2.05) is 46.8 Å². The molecular weight excluding hydrogens is 436 g/mol. The van der Waals surface area contributed by atoms with E-state index in [1.165, 1.54) is 4.90 Å². The van der Waals surface area contributed by atoms with Gasteiger partial charge in [-0.15, -0.1) is 0 Å². The van der Waals surface area contributed by atoms with E-state index in [0.717, 1.165) is 29.4 Å². The van der Waals surface area contributed by atoms with Gasteiger partial charge >= 0.3 is 6.09 Å². The number of nitrogens with zero attached hydrogens (tertiary/aromatic N) is 5. The Morgan fingerprint density at radius 3 is 2.56 bits per heavy atom. The summed E-state index contributed by atoms with van der Waals surface area (Å²) in [7, 11) is 0. The van der Waals surface area contributed by atoms with Gasteiger partial charge in [-0.3, -0.25) is 14.8 Å². The van der Waals surface area contributed by atoms with Crippen molar-refractivity contribution < 1.29 is 14.6 Å². The summed E-state index contributed by atoms with van der Waals surface area (Å²) in [5, 5.41) is 11.9. The number of ether oxygens (including phenoxy) is 1. The Kier molecular flexibility index (Phi) is 6.16. The lowest BCUT2D eigenvalue weighted by Gasteiger charge is -2.33. The van der Waals surface area contributed by atoms with Crippen molar-refractivity contribution in [1.82, 2.24) is 24.4 Å². The van der Waals surface area contributed by atoms with Gasteiger partial charge in [0.1, 0.15) is 5.65 Å². The molecule has 1 amide bonds. The van der Waals surface area contributed by atoms with Crippen molar-refractivity contribution in [3.63, 3.8) is 0 Å². The molecule has 4 heterocycles. The number of aromatic nitrogens is 3. The average Bonchev–Trinajstić information content (AvgIpc) is 2.85. The van der Waals surface area contributed by atoms with E-state index in [-0.39, 0.29) is 11.6 Å². The maximum Gasteiger partial charge on any atom is 0.407 e. The molecule has 0 bridgehead atoms. The second-order valence-corrected chi connectivity index (χ2v) is 8.73. The second kappa shape index (κ2) is 9.40. The van der Waals surface area contributed by atoms with Gasteiger partial charge in [-0.1, -0.05) is 24.3 Å². The number of amides is 1. The molecule has 2 aromatic heterocycles. The number of carbonyl (C=O) groups is 1. The predicted molar refractivity (Wildman–Crippen MR) is 128 cm³/mol. The number of anilines is 1. The Balaban J connectivity index is 1.54. The van der Waals surface area contributed by atoms with Crippen LogP contribution in [0.4, 0.5) is 10.7 Å². The van der Waals surface area contributed by atoms with Gasteiger partial charge in [0, 0.05) is 62.6 Å². The fraction of sp³-hybridized carbons (Fsp3) is 0.417. The number of hydrogen-bond acceptors (Lipinski definition) is 7. The molecule has 0 spiro atoms. The molecule has 5 rings (SSSR count). The van der Waals surface area contributed by atoms with E-state index in [1.54, 1.807) is 6.20 Å². The highest BCUT2D eigenvalue weighted by atomic mass is 16.5. The van der Waals surface area contributed by atoms with Crippen molar-refractivity contribution in [2.45, 2.75) is 25.8 Å². The van der Waals surface area contributed by atoms with Crippen LogP contribution in [0.2, 0.25) is 0 Å². The molecule has 0 atom stereocenters. The summed E-state index contributed by atoms with van der Waals surface area (Å²) < 4.78 is 7.36. The minimum absolute atomic E-state index is 0.00502. The zero-order valence-electron chi connectivity index (χ0n) is 19.1. The van der Waals surface area contributed by atoms with Crippen LogP contribution < -0.4 is 11.0 Å². The van der Waals surface area contributed by atoms with Gasteiger partial charge < -0.3 is 14.7 Å². The first kappa shape index (κ1) is 22.3. The number of hydrogen-bond donors (Lipinski definition) is 2. The van der Waals surface area contributed by atoms with Crippen molar-refractivity contribution in [3.8, 4) is 11.1 Å². The van der Waals surface area contributed by atoms with Crippen molar-refractivity contribution in [1.29, 1.82) is 0 Å². The smallest absolute Gasteiger partial charge is 0.407 e. The lowest BCUT2D eigenvalue weighted by molar-refractivity contribution is 0.0697. The highest BCUT2D eigenvalue weighted by Crippen LogP contribution is 2.28. The van der Waals surface area contributed by atoms with Gasteiger partial charge in [0.25, 0.3) is 5.56 Å². The Morgan fingerprint density at radius 2 is 1.85 bits per heavy atom. The number of hydrazine groups is 1. The molecule has 3 aromatic rings. The van der Waals surface area contributed by atoms with E-state index in [0.29, 0.717) is 56.6 Å². The number of aryl methyl sites for hydroxylation is 1. The van der Waals surface area contributed by atoms with Crippen molar-refractivity contribution in [3.05, 3.63) is 52.4 Å². The zero-order chi connectivity index (χ0) is 23.7. The topological polar surface area (TPSA) is 113 Å². The van der Waals surface area contributed by atoms with Gasteiger partial charge in [0.05, 0.1) is 0 Å². The van der Waals surface area contributed by atoms with E-state index >= 15 is 0 Å². The Bertz CT molecular complexity index is 1260. The fourth-order valence-electron chi connectivity index (χ4n) is 4.68. The van der Waals surface area contributed by atoms with Crippen LogP contribution in [0.5, 0.6) is 0 Å². The summed E-state index contributed by atoms with van der Waals surface area (Å²) in [5.74, 6) is 0.389. The molecule has 2 fully saturated rings. The molecule has 1 aromatic carbocycles. The van der Waals surface area contributed by atoms with Gasteiger partial charge in [-0.05, 0) is 37.0 Å². The Labute approximate surface area is 196 Å². The van der Waals surface area contributed by atoms with Crippen LogP contribution >= 0.6 is 0 Å². The number of rotatable bonds is 4. The molecule has 2 N–H and O–H groups in total. The number of piperazine rings is 1. The van der Waals surface area contributed by atoms with Gasteiger partial charge in [0.2, 0.25) is 5.95 Å². The van der Waals surface area contributed by atoms with E-state index in [2.05, 4.69) is 10.4 Å². The molecule has 0 saturated carbocycles. The Morgan fingerprint density at radius 1 is 1.12 bits per heavy atom. The van der Waals surface area contributed by atoms with Crippen molar-refractivity contribution in [2.24, 2.45) is 0 Å². The van der Waals surface area contributed by atoms with Crippen LogP contribution in [0.15, 0.2) is 41.3 Å². The molecule has 2 saturated heterocycles. The van der Waals surface area contributed by atoms with Crippen molar-refractivity contribution in [2.75, 3.05) is 44.8 Å². The molecule has 178 valence electrons. The largest absolute Gasteiger partial charge is 0.465 e. The van der Waals surface area contributed by atoms with Crippen LogP contribution in [0.1, 0.15) is 24.4 Å². The SMILES string of the molecule is Cc1ccccc1-c1cc2cnc(NN3CCN(C(=O)O)CC3)nc2n(C2CCOCC2)c1=O. The number of carboxylic acid groups (broad SMARTS) is 1. The lowest BCUT2D eigenvalue weighted by atomic mass is 10.00. The van der Waals surface area contributed by atoms with Crippen LogP contribution in [0.3, 0.4) is 0 Å². The van der Waals surface area contributed by atoms with E-state index < -0.39 is 6.09 Å². The van der Waals surface area contributed by atoms with Crippen LogP contribution in [0, 0.1) is 6.92 Å². The van der Waals surface area contributed by atoms with Crippen LogP contribution in [-0.4, -0.2) is 75.0 Å². The van der Waals surface area contributed by atoms with Gasteiger partial charge in [-0.25, -0.2) is 14.8 Å². The third kappa shape index (κ3) is 4.34. The minimum atomic E-state index is -0.911. The zero-order valence-corrected chi connectivity index (χ0v) is 19.1. The first-order valence-corrected chi connectivity index (χ1v) is 11.6. The minimum Gasteiger partial charge on any atom is -0.465 e. The molecule has 10 heteroatoms. The highest BCUT2D eigenvalue weighted by molar-refractivity contribution is 5.82. The summed E-state index contributed by atoms with van der Waals surface area (Å²) in [6.07, 6.45) is 2.33. The first-order chi connectivity index (χ1) is 16.5. The van der Waals surface area contributed by atoms with Gasteiger partial charge in [-0.2, -0.15) is 4.98 Å². The maximum atomic E-state index is 13.8. The standard InChI is InChI=1S/C24H28N6O4/c1-16-4-2-3-5-19(16)20-14-17-15-25-23(27-29-10-8-28(9-11-29)24(32)33)26-21(17)30(22(20)31)18-6-12-34-13-7-18/h2-5,14-15,18H,6-13H2,1H3,(H,32,33)(H,25,26,27). The molecule has 0 aliphatic carbocycles. The summed E-state index contributed by atoms with van der Waals surface area (Å²) in [4.78, 5) is 35.6. The molecular formula is C24H28N6O4. The van der Waals surface area contributed by atoms with Crippen molar-refractivity contribution >= 4 is 23.1 Å². The fourth-order valence-corrected chi connectivity index (χ4v) is 4.68. The number of nitrogens with one attached hydrogen (secondary N) is 1. The third-order valence-electron chi connectivity index (χ3n) is 6.57. The van der Waals surface area contributed by atoms with Gasteiger partial charge in [0.15, 0.2) is 0 Å². The van der Waals surface area contributed by atoms with Crippen LogP contribution in [-0.2, 0) is 4.74 Å². The molecule has 0 radical (unpaired) electrons. The highest BCUT2D eigenvalue weighted by Gasteiger charge is 2.24. The lowest BCUT2D eigenvalue weighted by Crippen LogP contribution is -2.50. The third-order valence-corrected chi connectivity index (χ3v) is 6.57. The summed E-state index contributed by atoms with van der Waals surface area (Å²) in [6, 6.07) is 9.76. The maximum absolute atomic E-state index is 13.8. The molecule has 2 aliphatic rings. The Hall–Kier alpha value is -3.50. The number of fused-ring (bicyclic) bond motifs is 1. The van der Waals surface area contributed by atoms with Crippen LogP contribution in [0.25, 0.3) is 22.2 Å². The molecule has 34 heavy (non-hydrogen) atoms. The molecule has 2 aliphatic heterocycles. The quantitative estimate of drug-likeness (QED) is 0.606. The number of pyridine rings is 1. The molecule has 10 nitrogen and oxygen atoms in total. The average molecular weight is 465 g/mol. The monoisotopic (exact) mass is 464 g/mol. The molecule has 0 unspecified atom stereocenters. The predicted octanol–water partition coefficient (Wildman–Crippen LogP) is 2.74. The summed E-state index contributed by atoms with van der Waals surface area (Å²) >= 11 is 0. The first-order valence-electron chi connectivity index (χ1n) is 11.6. The second-order valence-electron chi connectivity index (χ2n) is 8.73. The summed E-state index contributed by atoms with van der Waals surface area (Å²) in [5.41, 5.74) is 6.32. The summed E-state index contributed by atoms with van der Waals surface area (Å²) in [6.45, 7) is 5.07. The van der Waals surface area contributed by atoms with E-state index in [4.69, 9.17) is 14.8 Å². The number of benzene rings is 1. The van der Waals surface area contributed by atoms with E-state index in [9.17, 15) is 9.59 Å².